The van der Waals surface area contributed by atoms with Gasteiger partial charge in [-0.25, -0.2) is 0 Å². The van der Waals surface area contributed by atoms with E-state index in [1.165, 1.54) is 12.8 Å². The molecule has 2 aromatic rings. The number of methoxy groups -OCH3 is 1. The van der Waals surface area contributed by atoms with Gasteiger partial charge in [0.2, 0.25) is 0 Å². The van der Waals surface area contributed by atoms with Crippen molar-refractivity contribution in [2.45, 2.75) is 39.5 Å². The Hall–Kier alpha value is -2.00. The van der Waals surface area contributed by atoms with Crippen LogP contribution in [0.15, 0.2) is 36.4 Å². The number of aryl methyl sites for hydroxylation is 2. The summed E-state index contributed by atoms with van der Waals surface area (Å²) in [6.07, 6.45) is 4.43. The lowest BCUT2D eigenvalue weighted by atomic mass is 9.98. The van der Waals surface area contributed by atoms with Gasteiger partial charge in [-0.05, 0) is 43.0 Å². The maximum Gasteiger partial charge on any atom is 0.188 e. The summed E-state index contributed by atoms with van der Waals surface area (Å²) in [6.45, 7) is 4.39. The summed E-state index contributed by atoms with van der Waals surface area (Å²) >= 11 is 0. The van der Waals surface area contributed by atoms with E-state index >= 15 is 0 Å². The van der Waals surface area contributed by atoms with Crippen LogP contribution in [0.1, 0.15) is 37.3 Å². The molecule has 3 heteroatoms. The molecule has 0 aliphatic rings. The lowest BCUT2D eigenvalue weighted by Gasteiger charge is -2.15. The van der Waals surface area contributed by atoms with Gasteiger partial charge in [0.05, 0.1) is 5.56 Å². The minimum Gasteiger partial charge on any atom is -0.507 e. The molecular formula is C20H26O3. The maximum absolute atomic E-state index is 10.6. The summed E-state index contributed by atoms with van der Waals surface area (Å²) in [7, 11) is 1.59. The molecule has 0 radical (unpaired) electrons. The lowest BCUT2D eigenvalue weighted by Crippen LogP contribution is -2.01. The molecule has 3 nitrogen and oxygen atoms in total. The second-order valence-electron chi connectivity index (χ2n) is 5.87. The van der Waals surface area contributed by atoms with Crippen LogP contribution < -0.4 is 4.74 Å². The number of ether oxygens (including phenoxy) is 2. The largest absolute Gasteiger partial charge is 0.507 e. The summed E-state index contributed by atoms with van der Waals surface area (Å²) in [6, 6.07) is 11.9. The normalized spacial score (nSPS) is 10.7. The van der Waals surface area contributed by atoms with Crippen LogP contribution in [0.4, 0.5) is 0 Å². The van der Waals surface area contributed by atoms with E-state index < -0.39 is 0 Å². The number of unbranched alkanes of at least 4 members (excludes halogenated alkanes) is 2. The Morgan fingerprint density at radius 3 is 2.61 bits per heavy atom. The minimum absolute atomic E-state index is 0.163. The van der Waals surface area contributed by atoms with Gasteiger partial charge in [0.25, 0.3) is 0 Å². The summed E-state index contributed by atoms with van der Waals surface area (Å²) < 4.78 is 10.8. The van der Waals surface area contributed by atoms with Crippen LogP contribution in [0.2, 0.25) is 0 Å². The average Bonchev–Trinajstić information content (AvgIpc) is 2.53. The molecule has 0 heterocycles. The SMILES string of the molecule is CCCCCc1cc(O)c(-c2cccc(C)c2)c(OCOC)c1. The van der Waals surface area contributed by atoms with Gasteiger partial charge in [0.1, 0.15) is 11.5 Å². The van der Waals surface area contributed by atoms with Crippen molar-refractivity contribution >= 4 is 0 Å². The Morgan fingerprint density at radius 2 is 1.91 bits per heavy atom. The van der Waals surface area contributed by atoms with Crippen molar-refractivity contribution in [1.29, 1.82) is 0 Å². The monoisotopic (exact) mass is 314 g/mol. The smallest absolute Gasteiger partial charge is 0.188 e. The van der Waals surface area contributed by atoms with Gasteiger partial charge in [-0.15, -0.1) is 0 Å². The highest BCUT2D eigenvalue weighted by Gasteiger charge is 2.14. The van der Waals surface area contributed by atoms with Gasteiger partial charge in [-0.3, -0.25) is 0 Å². The molecule has 0 saturated carbocycles. The molecule has 0 aliphatic carbocycles. The number of phenolic OH excluding ortho intramolecular Hbond substituents is 1. The predicted octanol–water partition coefficient (Wildman–Crippen LogP) is 5.08. The first kappa shape index (κ1) is 17.4. The average molecular weight is 314 g/mol. The number of hydrogen-bond donors (Lipinski definition) is 1. The van der Waals surface area contributed by atoms with Crippen molar-refractivity contribution in [3.8, 4) is 22.6 Å². The molecule has 124 valence electrons. The topological polar surface area (TPSA) is 38.7 Å². The van der Waals surface area contributed by atoms with Gasteiger partial charge >= 0.3 is 0 Å². The standard InChI is InChI=1S/C20H26O3/c1-4-5-6-9-16-12-18(21)20(19(13-16)23-14-22-3)17-10-7-8-15(2)11-17/h7-8,10-13,21H,4-6,9,14H2,1-3H3. The van der Waals surface area contributed by atoms with Crippen LogP contribution in [-0.4, -0.2) is 19.0 Å². The van der Waals surface area contributed by atoms with Gasteiger partial charge < -0.3 is 14.6 Å². The van der Waals surface area contributed by atoms with E-state index in [0.29, 0.717) is 5.75 Å². The summed E-state index contributed by atoms with van der Waals surface area (Å²) in [5.74, 6) is 0.930. The van der Waals surface area contributed by atoms with Crippen LogP contribution >= 0.6 is 0 Å². The molecule has 0 unspecified atom stereocenters. The fourth-order valence-corrected chi connectivity index (χ4v) is 2.71. The molecule has 2 aromatic carbocycles. The van der Waals surface area contributed by atoms with E-state index in [0.717, 1.165) is 35.1 Å². The van der Waals surface area contributed by atoms with Crippen LogP contribution in [0.3, 0.4) is 0 Å². The molecule has 0 saturated heterocycles. The molecule has 0 amide bonds. The van der Waals surface area contributed by atoms with E-state index in [1.807, 2.05) is 43.3 Å². The Balaban J connectivity index is 2.39. The van der Waals surface area contributed by atoms with Crippen LogP contribution in [0.5, 0.6) is 11.5 Å². The molecule has 0 aliphatic heterocycles. The Labute approximate surface area is 138 Å². The highest BCUT2D eigenvalue weighted by molar-refractivity contribution is 5.77. The first-order valence-corrected chi connectivity index (χ1v) is 8.20. The Kier molecular flexibility index (Phi) is 6.48. The molecule has 0 spiro atoms. The third kappa shape index (κ3) is 4.73. The molecule has 0 aromatic heterocycles. The van der Waals surface area contributed by atoms with Gasteiger partial charge in [0.15, 0.2) is 6.79 Å². The van der Waals surface area contributed by atoms with Crippen molar-refractivity contribution in [2.24, 2.45) is 0 Å². The molecule has 0 fully saturated rings. The number of rotatable bonds is 8. The fourth-order valence-electron chi connectivity index (χ4n) is 2.71. The van der Waals surface area contributed by atoms with E-state index in [2.05, 4.69) is 6.92 Å². The quantitative estimate of drug-likeness (QED) is 0.545. The third-order valence-corrected chi connectivity index (χ3v) is 3.85. The second-order valence-corrected chi connectivity index (χ2v) is 5.87. The maximum atomic E-state index is 10.6. The summed E-state index contributed by atoms with van der Waals surface area (Å²) in [5, 5.41) is 10.6. The Morgan fingerprint density at radius 1 is 1.09 bits per heavy atom. The van der Waals surface area contributed by atoms with Crippen molar-refractivity contribution in [3.63, 3.8) is 0 Å². The second kappa shape index (κ2) is 8.59. The van der Waals surface area contributed by atoms with Crippen molar-refractivity contribution in [1.82, 2.24) is 0 Å². The van der Waals surface area contributed by atoms with E-state index in [1.54, 1.807) is 7.11 Å². The number of hydrogen-bond acceptors (Lipinski definition) is 3. The molecule has 2 rings (SSSR count). The first-order valence-electron chi connectivity index (χ1n) is 8.20. The highest BCUT2D eigenvalue weighted by atomic mass is 16.7. The van der Waals surface area contributed by atoms with Crippen LogP contribution in [0.25, 0.3) is 11.1 Å². The first-order chi connectivity index (χ1) is 11.2. The van der Waals surface area contributed by atoms with E-state index in [-0.39, 0.29) is 12.5 Å². The van der Waals surface area contributed by atoms with Gasteiger partial charge in [0, 0.05) is 7.11 Å². The zero-order valence-corrected chi connectivity index (χ0v) is 14.3. The number of benzene rings is 2. The minimum atomic E-state index is 0.163. The van der Waals surface area contributed by atoms with Gasteiger partial charge in [-0.2, -0.15) is 0 Å². The highest BCUT2D eigenvalue weighted by Crippen LogP contribution is 2.39. The molecular weight excluding hydrogens is 288 g/mol. The summed E-state index contributed by atoms with van der Waals surface area (Å²) in [4.78, 5) is 0. The number of phenols is 1. The zero-order valence-electron chi connectivity index (χ0n) is 14.3. The van der Waals surface area contributed by atoms with E-state index in [9.17, 15) is 5.11 Å². The van der Waals surface area contributed by atoms with Crippen LogP contribution in [0, 0.1) is 6.92 Å². The molecule has 0 bridgehead atoms. The molecule has 1 N–H and O–H groups in total. The zero-order chi connectivity index (χ0) is 16.7. The van der Waals surface area contributed by atoms with Crippen molar-refractivity contribution in [3.05, 3.63) is 47.5 Å². The molecule has 0 atom stereocenters. The lowest BCUT2D eigenvalue weighted by molar-refractivity contribution is 0.0514. The Bertz CT molecular complexity index is 635. The van der Waals surface area contributed by atoms with Gasteiger partial charge in [-0.1, -0.05) is 49.6 Å². The fraction of sp³-hybridized carbons (Fsp3) is 0.400. The van der Waals surface area contributed by atoms with Crippen molar-refractivity contribution < 1.29 is 14.6 Å². The summed E-state index contributed by atoms with van der Waals surface area (Å²) in [5.41, 5.74) is 3.92. The predicted molar refractivity (Wildman–Crippen MR) is 94.0 cm³/mol. The molecule has 23 heavy (non-hydrogen) atoms. The van der Waals surface area contributed by atoms with E-state index in [4.69, 9.17) is 9.47 Å². The van der Waals surface area contributed by atoms with Crippen LogP contribution in [-0.2, 0) is 11.2 Å². The third-order valence-electron chi connectivity index (χ3n) is 3.85. The number of aromatic hydroxyl groups is 1. The van der Waals surface area contributed by atoms with Crippen molar-refractivity contribution in [2.75, 3.05) is 13.9 Å².